The summed E-state index contributed by atoms with van der Waals surface area (Å²) < 4.78 is 0. The van der Waals surface area contributed by atoms with Gasteiger partial charge in [-0.15, -0.1) is 0 Å². The minimum atomic E-state index is 1.18. The second-order valence-corrected chi connectivity index (χ2v) is 7.05. The quantitative estimate of drug-likeness (QED) is 0.367. The number of rotatable bonds is 1. The molecule has 1 aliphatic heterocycles. The molecular weight excluding hydrogens is 310 g/mol. The van der Waals surface area contributed by atoms with Gasteiger partial charge in [0.2, 0.25) is 0 Å². The highest BCUT2D eigenvalue weighted by Gasteiger charge is 2.18. The lowest BCUT2D eigenvalue weighted by atomic mass is 9.99. The van der Waals surface area contributed by atoms with E-state index in [4.69, 9.17) is 0 Å². The minimum Gasteiger partial charge on any atom is -0.353 e. The zero-order valence-corrected chi connectivity index (χ0v) is 13.8. The molecule has 0 fully saturated rings. The van der Waals surface area contributed by atoms with E-state index in [1.54, 1.807) is 0 Å². The van der Waals surface area contributed by atoms with Gasteiger partial charge in [-0.25, -0.2) is 0 Å². The summed E-state index contributed by atoms with van der Waals surface area (Å²) in [4.78, 5) is 2.56. The van der Waals surface area contributed by atoms with Gasteiger partial charge < -0.3 is 5.32 Å². The fourth-order valence-electron chi connectivity index (χ4n) is 3.25. The Hall–Kier alpha value is -2.71. The summed E-state index contributed by atoms with van der Waals surface area (Å²) in [6.45, 7) is 0. The van der Waals surface area contributed by atoms with Gasteiger partial charge in [-0.3, -0.25) is 0 Å². The van der Waals surface area contributed by atoms with Crippen molar-refractivity contribution < 1.29 is 0 Å². The van der Waals surface area contributed by atoms with E-state index in [1.165, 1.54) is 43.1 Å². The van der Waals surface area contributed by atoms with Gasteiger partial charge in [-0.05, 0) is 40.6 Å². The molecule has 0 spiro atoms. The molecule has 24 heavy (non-hydrogen) atoms. The monoisotopic (exact) mass is 325 g/mol. The van der Waals surface area contributed by atoms with Gasteiger partial charge in [0.15, 0.2) is 0 Å². The summed E-state index contributed by atoms with van der Waals surface area (Å²) in [6, 6.07) is 30.2. The molecule has 0 atom stereocenters. The molecular formula is C22H15NS. The Kier molecular flexibility index (Phi) is 3.10. The average molecular weight is 325 g/mol. The van der Waals surface area contributed by atoms with Gasteiger partial charge in [0.1, 0.15) is 0 Å². The molecule has 2 heteroatoms. The van der Waals surface area contributed by atoms with Gasteiger partial charge in [0, 0.05) is 15.4 Å². The van der Waals surface area contributed by atoms with Crippen LogP contribution in [0.4, 0.5) is 11.4 Å². The number of hydrogen-bond acceptors (Lipinski definition) is 2. The molecule has 0 saturated carbocycles. The summed E-state index contributed by atoms with van der Waals surface area (Å²) in [5.74, 6) is 0. The normalized spacial score (nSPS) is 12.3. The third-order valence-corrected chi connectivity index (χ3v) is 5.59. The van der Waals surface area contributed by atoms with Crippen molar-refractivity contribution in [1.82, 2.24) is 0 Å². The van der Waals surface area contributed by atoms with Gasteiger partial charge in [-0.1, -0.05) is 72.4 Å². The van der Waals surface area contributed by atoms with E-state index in [0.717, 1.165) is 0 Å². The van der Waals surface area contributed by atoms with Crippen LogP contribution < -0.4 is 5.32 Å². The minimum absolute atomic E-state index is 1.18. The maximum absolute atomic E-state index is 3.63. The van der Waals surface area contributed by atoms with Crippen LogP contribution in [0.25, 0.3) is 21.9 Å². The number of fused-ring (bicyclic) bond motifs is 3. The first-order valence-corrected chi connectivity index (χ1v) is 8.86. The van der Waals surface area contributed by atoms with E-state index >= 15 is 0 Å². The number of anilines is 2. The average Bonchev–Trinajstić information content (AvgIpc) is 2.65. The van der Waals surface area contributed by atoms with Gasteiger partial charge in [0.25, 0.3) is 0 Å². The second-order valence-electron chi connectivity index (χ2n) is 5.96. The van der Waals surface area contributed by atoms with Crippen molar-refractivity contribution in [2.24, 2.45) is 0 Å². The molecule has 0 amide bonds. The van der Waals surface area contributed by atoms with E-state index < -0.39 is 0 Å². The molecule has 4 aromatic rings. The van der Waals surface area contributed by atoms with Crippen molar-refractivity contribution in [3.8, 4) is 11.1 Å². The van der Waals surface area contributed by atoms with Crippen molar-refractivity contribution in [2.75, 3.05) is 5.32 Å². The molecule has 1 heterocycles. The van der Waals surface area contributed by atoms with Gasteiger partial charge >= 0.3 is 0 Å². The Morgan fingerprint density at radius 1 is 0.625 bits per heavy atom. The van der Waals surface area contributed by atoms with Crippen molar-refractivity contribution >= 4 is 33.9 Å². The maximum Gasteiger partial charge on any atom is 0.0606 e. The van der Waals surface area contributed by atoms with Crippen LogP contribution in [0.1, 0.15) is 0 Å². The van der Waals surface area contributed by atoms with Crippen molar-refractivity contribution in [2.45, 2.75) is 9.79 Å². The van der Waals surface area contributed by atoms with Crippen LogP contribution >= 0.6 is 11.8 Å². The lowest BCUT2D eigenvalue weighted by molar-refractivity contribution is 1.32. The molecule has 0 aromatic heterocycles. The third kappa shape index (κ3) is 2.19. The molecule has 0 bridgehead atoms. The van der Waals surface area contributed by atoms with Crippen LogP contribution in [0, 0.1) is 0 Å². The van der Waals surface area contributed by atoms with E-state index in [2.05, 4.69) is 90.2 Å². The Labute approximate surface area is 145 Å². The zero-order chi connectivity index (χ0) is 15.9. The molecule has 0 radical (unpaired) electrons. The van der Waals surface area contributed by atoms with Crippen LogP contribution in [0.15, 0.2) is 94.7 Å². The fourth-order valence-corrected chi connectivity index (χ4v) is 4.28. The Bertz CT molecular complexity index is 1070. The van der Waals surface area contributed by atoms with Crippen molar-refractivity contribution in [3.05, 3.63) is 84.9 Å². The molecule has 4 aromatic carbocycles. The van der Waals surface area contributed by atoms with Crippen LogP contribution in [0.3, 0.4) is 0 Å². The smallest absolute Gasteiger partial charge is 0.0606 e. The first kappa shape index (κ1) is 13.7. The van der Waals surface area contributed by atoms with E-state index in [9.17, 15) is 0 Å². The second kappa shape index (κ2) is 5.43. The van der Waals surface area contributed by atoms with E-state index in [0.29, 0.717) is 0 Å². The number of hydrogen-bond donors (Lipinski definition) is 1. The highest BCUT2D eigenvalue weighted by atomic mass is 32.2. The first-order chi connectivity index (χ1) is 11.9. The van der Waals surface area contributed by atoms with Gasteiger partial charge in [-0.2, -0.15) is 0 Å². The van der Waals surface area contributed by atoms with Gasteiger partial charge in [0.05, 0.1) is 11.4 Å². The lowest BCUT2D eigenvalue weighted by Crippen LogP contribution is -2.01. The molecule has 1 nitrogen and oxygen atoms in total. The standard InChI is InChI=1S/C22H15NS/c1-2-7-16-14-17(13-12-15(16)6-1)18-8-5-11-21-22(18)23-19-9-3-4-10-20(19)24-21/h1-14,23H. The summed E-state index contributed by atoms with van der Waals surface area (Å²) in [6.07, 6.45) is 0. The zero-order valence-electron chi connectivity index (χ0n) is 13.0. The molecule has 1 aliphatic rings. The van der Waals surface area contributed by atoms with Crippen LogP contribution in [0.5, 0.6) is 0 Å². The topological polar surface area (TPSA) is 12.0 Å². The van der Waals surface area contributed by atoms with Crippen LogP contribution in [0.2, 0.25) is 0 Å². The fraction of sp³-hybridized carbons (Fsp3) is 0. The van der Waals surface area contributed by atoms with E-state index in [-0.39, 0.29) is 0 Å². The number of nitrogens with one attached hydrogen (secondary N) is 1. The Morgan fingerprint density at radius 3 is 2.38 bits per heavy atom. The van der Waals surface area contributed by atoms with Crippen LogP contribution in [-0.4, -0.2) is 0 Å². The predicted octanol–water partition coefficient (Wildman–Crippen LogP) is 6.72. The molecule has 1 N–H and O–H groups in total. The Morgan fingerprint density at radius 2 is 1.42 bits per heavy atom. The highest BCUT2D eigenvalue weighted by molar-refractivity contribution is 7.99. The lowest BCUT2D eigenvalue weighted by Gasteiger charge is -2.23. The Balaban J connectivity index is 1.67. The molecule has 5 rings (SSSR count). The van der Waals surface area contributed by atoms with E-state index in [1.807, 2.05) is 11.8 Å². The molecule has 114 valence electrons. The molecule has 0 saturated heterocycles. The maximum atomic E-state index is 3.63. The summed E-state index contributed by atoms with van der Waals surface area (Å²) in [5, 5.41) is 6.19. The number of para-hydroxylation sites is 2. The van der Waals surface area contributed by atoms with Crippen molar-refractivity contribution in [1.29, 1.82) is 0 Å². The summed E-state index contributed by atoms with van der Waals surface area (Å²) >= 11 is 1.83. The largest absolute Gasteiger partial charge is 0.353 e. The first-order valence-electron chi connectivity index (χ1n) is 8.04. The number of benzene rings is 4. The predicted molar refractivity (Wildman–Crippen MR) is 103 cm³/mol. The highest BCUT2D eigenvalue weighted by Crippen LogP contribution is 2.47. The van der Waals surface area contributed by atoms with Crippen molar-refractivity contribution in [3.63, 3.8) is 0 Å². The summed E-state index contributed by atoms with van der Waals surface area (Å²) in [7, 11) is 0. The summed E-state index contributed by atoms with van der Waals surface area (Å²) in [5.41, 5.74) is 4.89. The molecule has 0 aliphatic carbocycles. The third-order valence-electron chi connectivity index (χ3n) is 4.45. The SMILES string of the molecule is c1ccc2c(c1)Nc1c(cccc1-c1ccc3ccccc3c1)S2. The van der Waals surface area contributed by atoms with Crippen LogP contribution in [-0.2, 0) is 0 Å². The molecule has 0 unspecified atom stereocenters.